The molecule has 40 valence electrons. The van der Waals surface area contributed by atoms with E-state index in [4.69, 9.17) is 0 Å². The zero-order chi connectivity index (χ0) is 5.49. The van der Waals surface area contributed by atoms with Gasteiger partial charge in [0.05, 0.1) is 20.6 Å². The average molecular weight is 115 g/mol. The second kappa shape index (κ2) is 1.32. The minimum Gasteiger partial charge on any atom is -0.0579 e. The highest BCUT2D eigenvalue weighted by molar-refractivity contribution is 7.87. The van der Waals surface area contributed by atoms with Gasteiger partial charge in [0, 0.05) is 6.42 Å². The molecule has 1 aliphatic rings. The van der Waals surface area contributed by atoms with Gasteiger partial charge in [-0.3, -0.25) is 0 Å². The summed E-state index contributed by atoms with van der Waals surface area (Å²) >= 11 is 0. The molecule has 0 bridgehead atoms. The summed E-state index contributed by atoms with van der Waals surface area (Å²) in [6.45, 7) is 6.97. The maximum Gasteiger partial charge on any atom is 0.110 e. The third-order valence-electron chi connectivity index (χ3n) is 1.51. The minimum absolute atomic E-state index is 0.457. The summed E-state index contributed by atoms with van der Waals surface area (Å²) in [5.41, 5.74) is 0. The van der Waals surface area contributed by atoms with E-state index in [1.165, 1.54) is 6.42 Å². The minimum atomic E-state index is -0.457. The maximum absolute atomic E-state index is 2.44. The van der Waals surface area contributed by atoms with Gasteiger partial charge in [0.15, 0.2) is 0 Å². The van der Waals surface area contributed by atoms with Gasteiger partial charge in [-0.05, 0) is 0 Å². The van der Waals surface area contributed by atoms with Crippen LogP contribution >= 0.6 is 7.26 Å². The number of rotatable bonds is 1. The summed E-state index contributed by atoms with van der Waals surface area (Å²) in [6, 6.07) is 0. The molecule has 0 aromatic rings. The lowest BCUT2D eigenvalue weighted by Gasteiger charge is -1.88. The first-order chi connectivity index (χ1) is 3.17. The lowest BCUT2D eigenvalue weighted by Crippen LogP contribution is -1.63. The van der Waals surface area contributed by atoms with Crippen molar-refractivity contribution in [1.82, 2.24) is 0 Å². The van der Waals surface area contributed by atoms with Crippen molar-refractivity contribution in [3.05, 3.63) is 11.1 Å². The third kappa shape index (κ3) is 0.860. The standard InChI is InChI=1S/C6H12P/c1-4-6-5-7(6,2)3/h5H,4H2,1-3H3/q+1. The Labute approximate surface area is 46.0 Å². The van der Waals surface area contributed by atoms with Crippen LogP contribution in [0.4, 0.5) is 0 Å². The summed E-state index contributed by atoms with van der Waals surface area (Å²) < 4.78 is 0. The molecule has 0 nitrogen and oxygen atoms in total. The molecule has 0 unspecified atom stereocenters. The van der Waals surface area contributed by atoms with Crippen molar-refractivity contribution in [2.45, 2.75) is 13.3 Å². The first kappa shape index (κ1) is 5.31. The van der Waals surface area contributed by atoms with E-state index in [1.54, 1.807) is 5.31 Å². The van der Waals surface area contributed by atoms with Crippen LogP contribution in [-0.4, -0.2) is 13.3 Å². The van der Waals surface area contributed by atoms with Crippen LogP contribution in [0.1, 0.15) is 13.3 Å². The average Bonchev–Trinajstić information content (AvgIpc) is 2.13. The molecule has 0 saturated heterocycles. The van der Waals surface area contributed by atoms with E-state index < -0.39 is 7.26 Å². The number of allylic oxidation sites excluding steroid dienone is 1. The number of hydrogen-bond donors (Lipinski definition) is 0. The molecule has 7 heavy (non-hydrogen) atoms. The van der Waals surface area contributed by atoms with E-state index in [2.05, 4.69) is 26.1 Å². The molecular weight excluding hydrogens is 103 g/mol. The van der Waals surface area contributed by atoms with Gasteiger partial charge in [0.1, 0.15) is 11.1 Å². The molecule has 0 saturated carbocycles. The molecule has 0 aromatic heterocycles. The molecule has 0 amide bonds. The Bertz CT molecular complexity index is 111. The Hall–Kier alpha value is 0.170. The van der Waals surface area contributed by atoms with Gasteiger partial charge < -0.3 is 0 Å². The summed E-state index contributed by atoms with van der Waals surface area (Å²) in [6.07, 6.45) is 1.29. The van der Waals surface area contributed by atoms with Crippen LogP contribution in [-0.2, 0) is 0 Å². The molecule has 0 spiro atoms. The lowest BCUT2D eigenvalue weighted by atomic mass is 10.5. The monoisotopic (exact) mass is 115 g/mol. The topological polar surface area (TPSA) is 0 Å². The fourth-order valence-electron chi connectivity index (χ4n) is 0.842. The van der Waals surface area contributed by atoms with E-state index in [1.807, 2.05) is 0 Å². The van der Waals surface area contributed by atoms with Gasteiger partial charge in [0.2, 0.25) is 0 Å². The normalized spacial score (nSPS) is 24.1. The third-order valence-corrected chi connectivity index (χ3v) is 4.11. The summed E-state index contributed by atoms with van der Waals surface area (Å²) in [4.78, 5) is 0. The first-order valence-electron chi connectivity index (χ1n) is 2.73. The van der Waals surface area contributed by atoms with E-state index in [0.29, 0.717) is 0 Å². The van der Waals surface area contributed by atoms with Crippen molar-refractivity contribution in [1.29, 1.82) is 0 Å². The molecule has 0 N–H and O–H groups in total. The van der Waals surface area contributed by atoms with Gasteiger partial charge in [-0.15, -0.1) is 0 Å². The fourth-order valence-corrected chi connectivity index (χ4v) is 3.22. The van der Waals surface area contributed by atoms with Crippen molar-refractivity contribution in [3.63, 3.8) is 0 Å². The highest BCUT2D eigenvalue weighted by atomic mass is 31.2. The lowest BCUT2D eigenvalue weighted by molar-refractivity contribution is 1.22. The van der Waals surface area contributed by atoms with Crippen LogP contribution in [0.2, 0.25) is 0 Å². The summed E-state index contributed by atoms with van der Waals surface area (Å²) in [7, 11) is -0.457. The summed E-state index contributed by atoms with van der Waals surface area (Å²) in [5.74, 6) is 2.44. The highest BCUT2D eigenvalue weighted by Crippen LogP contribution is 2.75. The Morgan fingerprint density at radius 1 is 1.57 bits per heavy atom. The zero-order valence-electron chi connectivity index (χ0n) is 5.23. The molecule has 0 fully saturated rings. The van der Waals surface area contributed by atoms with Crippen molar-refractivity contribution >= 4 is 7.26 Å². The molecule has 0 atom stereocenters. The molecule has 1 heteroatoms. The largest absolute Gasteiger partial charge is 0.110 e. The van der Waals surface area contributed by atoms with Gasteiger partial charge in [-0.2, -0.15) is 0 Å². The molecule has 1 heterocycles. The van der Waals surface area contributed by atoms with Gasteiger partial charge in [-0.25, -0.2) is 0 Å². The van der Waals surface area contributed by atoms with Crippen LogP contribution in [0.25, 0.3) is 0 Å². The fraction of sp³-hybridized carbons (Fsp3) is 0.667. The van der Waals surface area contributed by atoms with Crippen molar-refractivity contribution in [3.8, 4) is 0 Å². The first-order valence-corrected chi connectivity index (χ1v) is 5.48. The number of hydrogen-bond acceptors (Lipinski definition) is 0. The van der Waals surface area contributed by atoms with Crippen molar-refractivity contribution < 1.29 is 0 Å². The molecule has 1 aliphatic heterocycles. The van der Waals surface area contributed by atoms with Crippen molar-refractivity contribution in [2.75, 3.05) is 13.3 Å². The second-order valence-corrected chi connectivity index (χ2v) is 6.43. The Balaban J connectivity index is 2.40. The SMILES string of the molecule is CCC1=C[P+]1(C)C. The van der Waals surface area contributed by atoms with E-state index in [9.17, 15) is 0 Å². The van der Waals surface area contributed by atoms with E-state index in [0.717, 1.165) is 0 Å². The molecule has 1 rings (SSSR count). The maximum atomic E-state index is 2.44. The van der Waals surface area contributed by atoms with Gasteiger partial charge in [0.25, 0.3) is 0 Å². The van der Waals surface area contributed by atoms with Gasteiger partial charge >= 0.3 is 0 Å². The zero-order valence-corrected chi connectivity index (χ0v) is 6.13. The Morgan fingerprint density at radius 2 is 2.00 bits per heavy atom. The predicted octanol–water partition coefficient (Wildman–Crippen LogP) is 2.53. The second-order valence-electron chi connectivity index (χ2n) is 2.51. The molecule has 0 aliphatic carbocycles. The van der Waals surface area contributed by atoms with Crippen LogP contribution in [0, 0.1) is 0 Å². The molecule has 0 radical (unpaired) electrons. The smallest absolute Gasteiger partial charge is 0.0579 e. The van der Waals surface area contributed by atoms with Crippen molar-refractivity contribution in [2.24, 2.45) is 0 Å². The molecular formula is C6H12P+. The molecule has 0 aromatic carbocycles. The van der Waals surface area contributed by atoms with Gasteiger partial charge in [-0.1, -0.05) is 6.92 Å². The van der Waals surface area contributed by atoms with Crippen LogP contribution in [0.5, 0.6) is 0 Å². The van der Waals surface area contributed by atoms with E-state index >= 15 is 0 Å². The van der Waals surface area contributed by atoms with E-state index in [-0.39, 0.29) is 0 Å². The highest BCUT2D eigenvalue weighted by Gasteiger charge is 2.42. The van der Waals surface area contributed by atoms with Crippen LogP contribution in [0.15, 0.2) is 11.1 Å². The van der Waals surface area contributed by atoms with Crippen LogP contribution < -0.4 is 0 Å². The Kier molecular flexibility index (Phi) is 1.00. The van der Waals surface area contributed by atoms with Crippen LogP contribution in [0.3, 0.4) is 0 Å². The Morgan fingerprint density at radius 3 is 2.00 bits per heavy atom. The quantitative estimate of drug-likeness (QED) is 0.460. The summed E-state index contributed by atoms with van der Waals surface area (Å²) in [5, 5.41) is 1.73. The predicted molar refractivity (Wildman–Crippen MR) is 37.1 cm³/mol.